The van der Waals surface area contributed by atoms with Crippen molar-refractivity contribution in [1.29, 1.82) is 0 Å². The maximum Gasteiger partial charge on any atom is 0.0587 e. The lowest BCUT2D eigenvalue weighted by molar-refractivity contribution is 0.199. The number of methoxy groups -OCH3 is 1. The van der Waals surface area contributed by atoms with Crippen LogP contribution in [0.2, 0.25) is 0 Å². The monoisotopic (exact) mass is 288 g/mol. The molecule has 0 aliphatic heterocycles. The molecule has 0 aliphatic rings. The Morgan fingerprint density at radius 3 is 2.90 bits per heavy atom. The lowest BCUT2D eigenvalue weighted by Crippen LogP contribution is -2.18. The van der Waals surface area contributed by atoms with Gasteiger partial charge in [0, 0.05) is 38.5 Å². The largest absolute Gasteiger partial charge is 0.383 e. The Morgan fingerprint density at radius 2 is 2.14 bits per heavy atom. The van der Waals surface area contributed by atoms with Crippen molar-refractivity contribution in [2.75, 3.05) is 20.3 Å². The van der Waals surface area contributed by atoms with Crippen molar-refractivity contribution >= 4 is 10.9 Å². The summed E-state index contributed by atoms with van der Waals surface area (Å²) in [4.78, 5) is 0. The van der Waals surface area contributed by atoms with Crippen molar-refractivity contribution in [2.24, 2.45) is 5.92 Å². The van der Waals surface area contributed by atoms with Crippen molar-refractivity contribution in [3.63, 3.8) is 0 Å². The van der Waals surface area contributed by atoms with Gasteiger partial charge in [-0.3, -0.25) is 0 Å². The van der Waals surface area contributed by atoms with Crippen LogP contribution in [0.4, 0.5) is 0 Å². The molecular weight excluding hydrogens is 260 g/mol. The van der Waals surface area contributed by atoms with Crippen LogP contribution in [0, 0.1) is 5.92 Å². The van der Waals surface area contributed by atoms with E-state index < -0.39 is 0 Å². The zero-order valence-corrected chi connectivity index (χ0v) is 13.6. The third-order valence-electron chi connectivity index (χ3n) is 3.94. The quantitative estimate of drug-likeness (QED) is 0.710. The molecule has 0 aliphatic carbocycles. The van der Waals surface area contributed by atoms with Gasteiger partial charge in [-0.25, -0.2) is 0 Å². The Morgan fingerprint density at radius 1 is 1.29 bits per heavy atom. The van der Waals surface area contributed by atoms with Gasteiger partial charge in [-0.2, -0.15) is 0 Å². The minimum Gasteiger partial charge on any atom is -0.383 e. The summed E-state index contributed by atoms with van der Waals surface area (Å²) in [6, 6.07) is 8.99. The van der Waals surface area contributed by atoms with E-state index in [9.17, 15) is 0 Å². The average molecular weight is 288 g/mol. The fourth-order valence-corrected chi connectivity index (χ4v) is 2.85. The number of nitrogens with zero attached hydrogens (tertiary/aromatic N) is 1. The Bertz CT molecular complexity index is 547. The van der Waals surface area contributed by atoms with E-state index in [2.05, 4.69) is 54.2 Å². The molecule has 1 aromatic heterocycles. The first kappa shape index (κ1) is 16.1. The van der Waals surface area contributed by atoms with E-state index in [1.165, 1.54) is 29.3 Å². The Balaban J connectivity index is 2.01. The van der Waals surface area contributed by atoms with Gasteiger partial charge in [-0.1, -0.05) is 26.3 Å². The first-order valence-electron chi connectivity index (χ1n) is 8.02. The van der Waals surface area contributed by atoms with Gasteiger partial charge in [0.25, 0.3) is 0 Å². The number of rotatable bonds is 9. The molecule has 0 bridgehead atoms. The lowest BCUT2D eigenvalue weighted by Gasteiger charge is -2.12. The minimum absolute atomic E-state index is 0.737. The summed E-state index contributed by atoms with van der Waals surface area (Å²) < 4.78 is 7.43. The fraction of sp³-hybridized carbons (Fsp3) is 0.556. The summed E-state index contributed by atoms with van der Waals surface area (Å²) in [6.45, 7) is 8.26. The van der Waals surface area contributed by atoms with E-state index in [1.807, 2.05) is 0 Å². The van der Waals surface area contributed by atoms with Gasteiger partial charge >= 0.3 is 0 Å². The van der Waals surface area contributed by atoms with E-state index >= 15 is 0 Å². The molecule has 2 rings (SSSR count). The number of nitrogens with one attached hydrogen (secondary N) is 1. The van der Waals surface area contributed by atoms with Gasteiger partial charge in [-0.15, -0.1) is 0 Å². The first-order chi connectivity index (χ1) is 10.2. The Labute approximate surface area is 128 Å². The number of hydrogen-bond donors (Lipinski definition) is 1. The molecule has 1 aromatic carbocycles. The molecule has 2 aromatic rings. The number of ether oxygens (including phenoxy) is 1. The van der Waals surface area contributed by atoms with E-state index in [1.54, 1.807) is 7.11 Å². The van der Waals surface area contributed by atoms with Crippen LogP contribution in [-0.2, 0) is 17.8 Å². The second-order valence-corrected chi connectivity index (χ2v) is 5.92. The van der Waals surface area contributed by atoms with Crippen molar-refractivity contribution < 1.29 is 4.74 Å². The third-order valence-corrected chi connectivity index (χ3v) is 3.94. The average Bonchev–Trinajstić information content (AvgIpc) is 2.86. The fourth-order valence-electron chi connectivity index (χ4n) is 2.85. The molecule has 3 heteroatoms. The zero-order chi connectivity index (χ0) is 15.1. The van der Waals surface area contributed by atoms with Crippen LogP contribution in [0.5, 0.6) is 0 Å². The molecule has 1 heterocycles. The highest BCUT2D eigenvalue weighted by Crippen LogP contribution is 2.20. The van der Waals surface area contributed by atoms with Crippen LogP contribution < -0.4 is 5.32 Å². The number of aromatic nitrogens is 1. The topological polar surface area (TPSA) is 26.2 Å². The molecule has 1 N–H and O–H groups in total. The molecule has 0 spiro atoms. The predicted octanol–water partition coefficient (Wildman–Crippen LogP) is 3.81. The summed E-state index contributed by atoms with van der Waals surface area (Å²) in [6.07, 6.45) is 4.78. The summed E-state index contributed by atoms with van der Waals surface area (Å²) >= 11 is 0. The number of benzene rings is 1. The first-order valence-corrected chi connectivity index (χ1v) is 8.02. The highest BCUT2D eigenvalue weighted by atomic mass is 16.5. The number of fused-ring (bicyclic) bond motifs is 1. The van der Waals surface area contributed by atoms with Crippen LogP contribution in [0.3, 0.4) is 0 Å². The van der Waals surface area contributed by atoms with Gasteiger partial charge < -0.3 is 14.6 Å². The van der Waals surface area contributed by atoms with E-state index in [0.29, 0.717) is 0 Å². The predicted molar refractivity (Wildman–Crippen MR) is 89.6 cm³/mol. The smallest absolute Gasteiger partial charge is 0.0587 e. The highest BCUT2D eigenvalue weighted by Gasteiger charge is 2.06. The second kappa shape index (κ2) is 8.20. The van der Waals surface area contributed by atoms with Gasteiger partial charge in [0.05, 0.1) is 6.61 Å². The molecule has 1 unspecified atom stereocenters. The summed E-state index contributed by atoms with van der Waals surface area (Å²) in [5.74, 6) is 0.737. The lowest BCUT2D eigenvalue weighted by atomic mass is 10.1. The molecule has 0 saturated heterocycles. The molecule has 21 heavy (non-hydrogen) atoms. The maximum atomic E-state index is 5.04. The van der Waals surface area contributed by atoms with Crippen LogP contribution in [0.1, 0.15) is 32.3 Å². The molecule has 0 fully saturated rings. The van der Waals surface area contributed by atoms with Crippen molar-refractivity contribution in [1.82, 2.24) is 9.88 Å². The van der Waals surface area contributed by atoms with E-state index in [-0.39, 0.29) is 0 Å². The van der Waals surface area contributed by atoms with Gasteiger partial charge in [0.1, 0.15) is 0 Å². The number of hydrogen-bond acceptors (Lipinski definition) is 2. The molecular formula is C18H28N2O. The molecule has 1 atom stereocenters. The van der Waals surface area contributed by atoms with Crippen LogP contribution in [0.15, 0.2) is 30.5 Å². The minimum atomic E-state index is 0.737. The zero-order valence-electron chi connectivity index (χ0n) is 13.6. The van der Waals surface area contributed by atoms with Crippen LogP contribution >= 0.6 is 0 Å². The maximum absolute atomic E-state index is 5.04. The van der Waals surface area contributed by atoms with Gasteiger partial charge in [-0.05, 0) is 41.5 Å². The van der Waals surface area contributed by atoms with Gasteiger partial charge in [0.2, 0.25) is 0 Å². The molecule has 0 radical (unpaired) electrons. The van der Waals surface area contributed by atoms with Crippen LogP contribution in [0.25, 0.3) is 10.9 Å². The third kappa shape index (κ3) is 4.58. The van der Waals surface area contributed by atoms with Gasteiger partial charge in [0.15, 0.2) is 0 Å². The summed E-state index contributed by atoms with van der Waals surface area (Å²) in [5, 5.41) is 4.73. The molecule has 0 saturated carbocycles. The second-order valence-electron chi connectivity index (χ2n) is 5.92. The van der Waals surface area contributed by atoms with E-state index in [0.717, 1.165) is 32.2 Å². The molecule has 0 amide bonds. The van der Waals surface area contributed by atoms with Crippen molar-refractivity contribution in [3.8, 4) is 0 Å². The summed E-state index contributed by atoms with van der Waals surface area (Å²) in [7, 11) is 1.73. The van der Waals surface area contributed by atoms with Crippen molar-refractivity contribution in [2.45, 2.75) is 39.8 Å². The molecule has 3 nitrogen and oxygen atoms in total. The summed E-state index contributed by atoms with van der Waals surface area (Å²) in [5.41, 5.74) is 2.68. The normalized spacial score (nSPS) is 12.9. The Hall–Kier alpha value is -1.32. The standard InChI is InChI=1S/C18H28N2O/c1-4-5-15(2)14-20-10-8-17-12-16(6-7-18(17)20)13-19-9-11-21-3/h6-8,10,12,15,19H,4-5,9,11,13-14H2,1-3H3. The SMILES string of the molecule is CCCC(C)Cn1ccc2cc(CNCCOC)ccc21. The highest BCUT2D eigenvalue weighted by molar-refractivity contribution is 5.80. The molecule has 116 valence electrons. The Kier molecular flexibility index (Phi) is 6.27. The van der Waals surface area contributed by atoms with Crippen molar-refractivity contribution in [3.05, 3.63) is 36.0 Å². The van der Waals surface area contributed by atoms with E-state index in [4.69, 9.17) is 4.74 Å². The van der Waals surface area contributed by atoms with Crippen LogP contribution in [-0.4, -0.2) is 24.8 Å².